The summed E-state index contributed by atoms with van der Waals surface area (Å²) in [6.45, 7) is 5.64. The number of aliphatic hydroxyl groups is 1. The van der Waals surface area contributed by atoms with E-state index in [2.05, 4.69) is 11.4 Å². The highest BCUT2D eigenvalue weighted by molar-refractivity contribution is 5.00. The molecule has 0 bridgehead atoms. The number of nitriles is 1. The maximum atomic E-state index is 10.3. The van der Waals surface area contributed by atoms with Gasteiger partial charge >= 0.3 is 0 Å². The average molecular weight is 196 g/mol. The fourth-order valence-electron chi connectivity index (χ4n) is 2.27. The fourth-order valence-corrected chi connectivity index (χ4v) is 2.27. The van der Waals surface area contributed by atoms with Crippen molar-refractivity contribution in [3.05, 3.63) is 0 Å². The number of hydrogen-bond donors (Lipinski definition) is 2. The number of rotatable bonds is 3. The summed E-state index contributed by atoms with van der Waals surface area (Å²) in [5.74, 6) is -0.0201. The highest BCUT2D eigenvalue weighted by atomic mass is 16.3. The highest BCUT2D eigenvalue weighted by Crippen LogP contribution is 2.32. The lowest BCUT2D eigenvalue weighted by Gasteiger charge is -2.38. The molecule has 1 saturated heterocycles. The Morgan fingerprint density at radius 1 is 1.71 bits per heavy atom. The first-order valence-electron chi connectivity index (χ1n) is 5.45. The molecule has 3 heteroatoms. The van der Waals surface area contributed by atoms with E-state index in [-0.39, 0.29) is 11.8 Å². The number of hydrogen-bond acceptors (Lipinski definition) is 3. The highest BCUT2D eigenvalue weighted by Gasteiger charge is 2.39. The Balaban J connectivity index is 2.66. The Morgan fingerprint density at radius 3 is 2.86 bits per heavy atom. The van der Waals surface area contributed by atoms with E-state index < -0.39 is 5.60 Å². The van der Waals surface area contributed by atoms with Crippen molar-refractivity contribution in [1.29, 1.82) is 5.26 Å². The second-order valence-corrected chi connectivity index (χ2v) is 4.36. The number of piperidine rings is 1. The third-order valence-electron chi connectivity index (χ3n) is 3.39. The van der Waals surface area contributed by atoms with Gasteiger partial charge in [-0.25, -0.2) is 0 Å². The van der Waals surface area contributed by atoms with Gasteiger partial charge in [-0.15, -0.1) is 0 Å². The average Bonchev–Trinajstić information content (AvgIpc) is 2.20. The third-order valence-corrected chi connectivity index (χ3v) is 3.39. The van der Waals surface area contributed by atoms with Crippen LogP contribution in [0.5, 0.6) is 0 Å². The Kier molecular flexibility index (Phi) is 3.91. The van der Waals surface area contributed by atoms with E-state index in [1.165, 1.54) is 0 Å². The van der Waals surface area contributed by atoms with E-state index in [9.17, 15) is 5.11 Å². The maximum Gasteiger partial charge on any atom is 0.0817 e. The van der Waals surface area contributed by atoms with Gasteiger partial charge in [0.25, 0.3) is 0 Å². The SMILES string of the molecule is CCC(C#N)C(C)(O)C1CCCNC1. The van der Waals surface area contributed by atoms with Crippen LogP contribution < -0.4 is 5.32 Å². The van der Waals surface area contributed by atoms with Crippen molar-refractivity contribution in [2.24, 2.45) is 11.8 Å². The van der Waals surface area contributed by atoms with Gasteiger partial charge in [0.15, 0.2) is 0 Å². The molecule has 2 N–H and O–H groups in total. The minimum Gasteiger partial charge on any atom is -0.388 e. The number of nitrogens with one attached hydrogen (secondary N) is 1. The van der Waals surface area contributed by atoms with E-state index in [1.807, 2.05) is 13.8 Å². The molecule has 3 unspecified atom stereocenters. The zero-order valence-electron chi connectivity index (χ0n) is 9.08. The molecule has 0 aromatic rings. The second kappa shape index (κ2) is 4.77. The molecule has 1 heterocycles. The van der Waals surface area contributed by atoms with Crippen molar-refractivity contribution < 1.29 is 5.11 Å². The van der Waals surface area contributed by atoms with Crippen LogP contribution in [-0.2, 0) is 0 Å². The largest absolute Gasteiger partial charge is 0.388 e. The maximum absolute atomic E-state index is 10.3. The van der Waals surface area contributed by atoms with E-state index in [0.29, 0.717) is 0 Å². The summed E-state index contributed by atoms with van der Waals surface area (Å²) in [5.41, 5.74) is -0.836. The summed E-state index contributed by atoms with van der Waals surface area (Å²) >= 11 is 0. The molecule has 0 aromatic carbocycles. The summed E-state index contributed by atoms with van der Waals surface area (Å²) in [5, 5.41) is 22.6. The van der Waals surface area contributed by atoms with Crippen LogP contribution in [0.1, 0.15) is 33.1 Å². The van der Waals surface area contributed by atoms with Crippen molar-refractivity contribution in [1.82, 2.24) is 5.32 Å². The molecule has 0 aromatic heterocycles. The molecule has 1 fully saturated rings. The van der Waals surface area contributed by atoms with Gasteiger partial charge in [-0.3, -0.25) is 0 Å². The van der Waals surface area contributed by atoms with Gasteiger partial charge in [-0.2, -0.15) is 5.26 Å². The van der Waals surface area contributed by atoms with Crippen LogP contribution in [0.2, 0.25) is 0 Å². The molecule has 3 nitrogen and oxygen atoms in total. The predicted molar refractivity (Wildman–Crippen MR) is 55.6 cm³/mol. The van der Waals surface area contributed by atoms with E-state index in [0.717, 1.165) is 32.4 Å². The monoisotopic (exact) mass is 196 g/mol. The van der Waals surface area contributed by atoms with Gasteiger partial charge in [0.2, 0.25) is 0 Å². The first-order valence-corrected chi connectivity index (χ1v) is 5.45. The van der Waals surface area contributed by atoms with E-state index in [4.69, 9.17) is 5.26 Å². The van der Waals surface area contributed by atoms with Crippen LogP contribution in [-0.4, -0.2) is 23.8 Å². The van der Waals surface area contributed by atoms with Crippen molar-refractivity contribution in [3.8, 4) is 6.07 Å². The number of nitrogens with zero attached hydrogens (tertiary/aromatic N) is 1. The molecule has 14 heavy (non-hydrogen) atoms. The van der Waals surface area contributed by atoms with Crippen LogP contribution in [0, 0.1) is 23.2 Å². The van der Waals surface area contributed by atoms with Crippen LogP contribution in [0.4, 0.5) is 0 Å². The molecular weight excluding hydrogens is 176 g/mol. The molecule has 1 aliphatic rings. The first-order chi connectivity index (χ1) is 6.62. The molecule has 0 amide bonds. The molecule has 0 saturated carbocycles. The van der Waals surface area contributed by atoms with Crippen LogP contribution in [0.3, 0.4) is 0 Å². The molecule has 80 valence electrons. The van der Waals surface area contributed by atoms with Gasteiger partial charge in [-0.05, 0) is 32.7 Å². The summed E-state index contributed by atoms with van der Waals surface area (Å²) in [7, 11) is 0. The minimum absolute atomic E-state index is 0.223. The predicted octanol–water partition coefficient (Wildman–Crippen LogP) is 1.29. The lowest BCUT2D eigenvalue weighted by atomic mass is 9.74. The minimum atomic E-state index is -0.836. The molecule has 3 atom stereocenters. The normalized spacial score (nSPS) is 28.9. The van der Waals surface area contributed by atoms with Crippen molar-refractivity contribution in [3.63, 3.8) is 0 Å². The van der Waals surface area contributed by atoms with E-state index in [1.54, 1.807) is 0 Å². The molecule has 1 rings (SSSR count). The molecule has 0 radical (unpaired) electrons. The van der Waals surface area contributed by atoms with Crippen LogP contribution in [0.15, 0.2) is 0 Å². The third kappa shape index (κ3) is 2.26. The summed E-state index contributed by atoms with van der Waals surface area (Å²) in [4.78, 5) is 0. The summed E-state index contributed by atoms with van der Waals surface area (Å²) < 4.78 is 0. The summed E-state index contributed by atoms with van der Waals surface area (Å²) in [6, 6.07) is 2.21. The standard InChI is InChI=1S/C11H20N2O/c1-3-9(7-12)11(2,14)10-5-4-6-13-8-10/h9-10,13-14H,3-6,8H2,1-2H3. The Morgan fingerprint density at radius 2 is 2.43 bits per heavy atom. The quantitative estimate of drug-likeness (QED) is 0.715. The van der Waals surface area contributed by atoms with E-state index >= 15 is 0 Å². The first kappa shape index (κ1) is 11.5. The Hall–Kier alpha value is -0.590. The Bertz CT molecular complexity index is 214. The zero-order valence-corrected chi connectivity index (χ0v) is 9.08. The molecule has 1 aliphatic heterocycles. The summed E-state index contributed by atoms with van der Waals surface area (Å²) in [6.07, 6.45) is 2.85. The van der Waals surface area contributed by atoms with Crippen LogP contribution >= 0.6 is 0 Å². The lowest BCUT2D eigenvalue weighted by molar-refractivity contribution is -0.0442. The second-order valence-electron chi connectivity index (χ2n) is 4.36. The molecular formula is C11H20N2O. The van der Waals surface area contributed by atoms with Gasteiger partial charge in [0.05, 0.1) is 17.6 Å². The topological polar surface area (TPSA) is 56.0 Å². The van der Waals surface area contributed by atoms with Gasteiger partial charge in [-0.1, -0.05) is 6.92 Å². The van der Waals surface area contributed by atoms with Crippen molar-refractivity contribution in [2.75, 3.05) is 13.1 Å². The van der Waals surface area contributed by atoms with Crippen molar-refractivity contribution in [2.45, 2.75) is 38.7 Å². The lowest BCUT2D eigenvalue weighted by Crippen LogP contribution is -2.48. The molecule has 0 spiro atoms. The smallest absolute Gasteiger partial charge is 0.0817 e. The fraction of sp³-hybridized carbons (Fsp3) is 0.909. The van der Waals surface area contributed by atoms with Gasteiger partial charge < -0.3 is 10.4 Å². The van der Waals surface area contributed by atoms with Crippen molar-refractivity contribution >= 4 is 0 Å². The van der Waals surface area contributed by atoms with Gasteiger partial charge in [0.1, 0.15) is 0 Å². The Labute approximate surface area is 86.1 Å². The van der Waals surface area contributed by atoms with Crippen LogP contribution in [0.25, 0.3) is 0 Å². The zero-order chi connectivity index (χ0) is 10.6. The molecule has 0 aliphatic carbocycles. The van der Waals surface area contributed by atoms with Gasteiger partial charge in [0, 0.05) is 12.5 Å².